The van der Waals surface area contributed by atoms with Crippen LogP contribution in [0.4, 0.5) is 0 Å². The molecule has 1 aliphatic carbocycles. The second-order valence-corrected chi connectivity index (χ2v) is 7.51. The van der Waals surface area contributed by atoms with Gasteiger partial charge in [-0.05, 0) is 42.8 Å². The summed E-state index contributed by atoms with van der Waals surface area (Å²) < 4.78 is 0. The molecule has 1 rings (SSSR count). The molecule has 0 radical (unpaired) electrons. The molecule has 0 aromatic carbocycles. The lowest BCUT2D eigenvalue weighted by Crippen LogP contribution is -2.41. The predicted molar refractivity (Wildman–Crippen MR) is 71.3 cm³/mol. The fraction of sp³-hybridized carbons (Fsp3) is 1.00. The van der Waals surface area contributed by atoms with Gasteiger partial charge in [0.05, 0.1) is 0 Å². The quantitative estimate of drug-likeness (QED) is 0.796. The minimum absolute atomic E-state index is 0.440. The largest absolute Gasteiger partial charge is 0.327 e. The monoisotopic (exact) mass is 229 g/mol. The van der Waals surface area contributed by atoms with E-state index in [-0.39, 0.29) is 0 Å². The Kier molecular flexibility index (Phi) is 4.98. The van der Waals surface area contributed by atoms with Crippen LogP contribution in [-0.4, -0.2) is 17.0 Å². The van der Waals surface area contributed by atoms with Gasteiger partial charge in [0, 0.05) is 11.3 Å². The van der Waals surface area contributed by atoms with E-state index in [9.17, 15) is 0 Å². The van der Waals surface area contributed by atoms with Crippen LogP contribution in [0, 0.1) is 11.3 Å². The van der Waals surface area contributed by atoms with Crippen molar-refractivity contribution in [3.63, 3.8) is 0 Å². The first-order chi connectivity index (χ1) is 6.91. The number of hydrogen-bond acceptors (Lipinski definition) is 2. The average Bonchev–Trinajstić information content (AvgIpc) is 2.10. The summed E-state index contributed by atoms with van der Waals surface area (Å²) in [6.07, 6.45) is 5.15. The molecule has 0 aliphatic heterocycles. The van der Waals surface area contributed by atoms with E-state index in [0.717, 1.165) is 5.92 Å². The molecule has 0 bridgehead atoms. The number of rotatable bonds is 4. The maximum absolute atomic E-state index is 6.20. The highest BCUT2D eigenvalue weighted by atomic mass is 32.2. The van der Waals surface area contributed by atoms with E-state index in [1.54, 1.807) is 0 Å². The second-order valence-electron chi connectivity index (χ2n) is 6.16. The van der Waals surface area contributed by atoms with Crippen molar-refractivity contribution in [2.24, 2.45) is 17.1 Å². The van der Waals surface area contributed by atoms with Gasteiger partial charge in [-0.3, -0.25) is 0 Å². The van der Waals surface area contributed by atoms with Crippen molar-refractivity contribution >= 4 is 11.8 Å². The normalized spacial score (nSPS) is 30.8. The Morgan fingerprint density at radius 3 is 2.67 bits per heavy atom. The zero-order chi connectivity index (χ0) is 11.5. The summed E-state index contributed by atoms with van der Waals surface area (Å²) in [5, 5.41) is 0.701. The molecule has 0 heterocycles. The molecule has 1 fully saturated rings. The van der Waals surface area contributed by atoms with E-state index in [0.29, 0.717) is 16.7 Å². The molecule has 1 saturated carbocycles. The highest BCUT2D eigenvalue weighted by molar-refractivity contribution is 7.99. The maximum atomic E-state index is 6.20. The molecular weight excluding hydrogens is 202 g/mol. The summed E-state index contributed by atoms with van der Waals surface area (Å²) in [6, 6.07) is 0.440. The molecule has 2 atom stereocenters. The summed E-state index contributed by atoms with van der Waals surface area (Å²) in [5.74, 6) is 2.11. The molecule has 1 nitrogen and oxygen atoms in total. The van der Waals surface area contributed by atoms with E-state index < -0.39 is 0 Å². The number of thioether (sulfide) groups is 1. The molecule has 1 aliphatic rings. The van der Waals surface area contributed by atoms with Crippen LogP contribution in [-0.2, 0) is 0 Å². The van der Waals surface area contributed by atoms with E-state index in [2.05, 4.69) is 39.5 Å². The fourth-order valence-electron chi connectivity index (χ4n) is 2.18. The highest BCUT2D eigenvalue weighted by Gasteiger charge is 2.32. The van der Waals surface area contributed by atoms with Gasteiger partial charge in [-0.1, -0.05) is 27.7 Å². The maximum Gasteiger partial charge on any atom is 0.0204 e. The predicted octanol–water partition coefficient (Wildman–Crippen LogP) is 3.67. The van der Waals surface area contributed by atoms with Crippen LogP contribution < -0.4 is 5.73 Å². The molecule has 0 aromatic rings. The number of nitrogens with two attached hydrogens (primary N) is 1. The van der Waals surface area contributed by atoms with Crippen LogP contribution >= 0.6 is 11.8 Å². The van der Waals surface area contributed by atoms with E-state index >= 15 is 0 Å². The lowest BCUT2D eigenvalue weighted by atomic mass is 9.75. The van der Waals surface area contributed by atoms with Crippen LogP contribution in [0.1, 0.15) is 53.4 Å². The second kappa shape index (κ2) is 5.58. The molecule has 2 heteroatoms. The molecule has 2 N–H and O–H groups in total. The molecule has 0 saturated heterocycles. The van der Waals surface area contributed by atoms with Crippen LogP contribution in [0.2, 0.25) is 0 Å². The lowest BCUT2D eigenvalue weighted by molar-refractivity contribution is 0.232. The van der Waals surface area contributed by atoms with Crippen LogP contribution in [0.5, 0.6) is 0 Å². The van der Waals surface area contributed by atoms with E-state index in [1.807, 2.05) is 0 Å². The highest BCUT2D eigenvalue weighted by Crippen LogP contribution is 2.39. The minimum atomic E-state index is 0.440. The fourth-order valence-corrected chi connectivity index (χ4v) is 4.04. The van der Waals surface area contributed by atoms with Gasteiger partial charge in [0.1, 0.15) is 0 Å². The summed E-state index contributed by atoms with van der Waals surface area (Å²) >= 11 is 2.11. The Morgan fingerprint density at radius 1 is 1.40 bits per heavy atom. The van der Waals surface area contributed by atoms with Crippen molar-refractivity contribution in [1.29, 1.82) is 0 Å². The van der Waals surface area contributed by atoms with Gasteiger partial charge in [-0.2, -0.15) is 11.8 Å². The van der Waals surface area contributed by atoms with Gasteiger partial charge < -0.3 is 5.73 Å². The standard InChI is InChI=1S/C13H27NS/c1-10(2)6-8-15-12-9-13(3,4)7-5-11(12)14/h10-12H,5-9,14H2,1-4H3. The first kappa shape index (κ1) is 13.4. The third-order valence-corrected chi connectivity index (χ3v) is 4.83. The SMILES string of the molecule is CC(C)CCSC1CC(C)(C)CCC1N. The molecule has 0 spiro atoms. The Bertz CT molecular complexity index is 189. The summed E-state index contributed by atoms with van der Waals surface area (Å²) in [6.45, 7) is 9.36. The van der Waals surface area contributed by atoms with Crippen LogP contribution in [0.25, 0.3) is 0 Å². The Labute approximate surface area is 99.6 Å². The van der Waals surface area contributed by atoms with Crippen LogP contribution in [0.3, 0.4) is 0 Å². The first-order valence-corrected chi connectivity index (χ1v) is 7.33. The van der Waals surface area contributed by atoms with E-state index in [1.165, 1.54) is 31.4 Å². The molecular formula is C13H27NS. The first-order valence-electron chi connectivity index (χ1n) is 6.28. The summed E-state index contributed by atoms with van der Waals surface area (Å²) in [4.78, 5) is 0. The van der Waals surface area contributed by atoms with Crippen molar-refractivity contribution in [3.05, 3.63) is 0 Å². The smallest absolute Gasteiger partial charge is 0.0204 e. The molecule has 2 unspecified atom stereocenters. The lowest BCUT2D eigenvalue weighted by Gasteiger charge is -2.39. The number of hydrogen-bond donors (Lipinski definition) is 1. The molecule has 90 valence electrons. The van der Waals surface area contributed by atoms with Crippen molar-refractivity contribution in [3.8, 4) is 0 Å². The third kappa shape index (κ3) is 4.78. The molecule has 15 heavy (non-hydrogen) atoms. The van der Waals surface area contributed by atoms with Crippen molar-refractivity contribution in [2.75, 3.05) is 5.75 Å². The topological polar surface area (TPSA) is 26.0 Å². The van der Waals surface area contributed by atoms with Gasteiger partial charge in [0.25, 0.3) is 0 Å². The molecule has 0 aromatic heterocycles. The van der Waals surface area contributed by atoms with E-state index in [4.69, 9.17) is 5.73 Å². The Morgan fingerprint density at radius 2 is 2.07 bits per heavy atom. The molecule has 0 amide bonds. The van der Waals surface area contributed by atoms with Gasteiger partial charge in [0.15, 0.2) is 0 Å². The van der Waals surface area contributed by atoms with Gasteiger partial charge in [-0.15, -0.1) is 0 Å². The van der Waals surface area contributed by atoms with Crippen molar-refractivity contribution in [2.45, 2.75) is 64.7 Å². The van der Waals surface area contributed by atoms with Crippen molar-refractivity contribution < 1.29 is 0 Å². The van der Waals surface area contributed by atoms with Gasteiger partial charge in [-0.25, -0.2) is 0 Å². The van der Waals surface area contributed by atoms with Gasteiger partial charge in [0.2, 0.25) is 0 Å². The van der Waals surface area contributed by atoms with Gasteiger partial charge >= 0.3 is 0 Å². The van der Waals surface area contributed by atoms with Crippen molar-refractivity contribution in [1.82, 2.24) is 0 Å². The Balaban J connectivity index is 2.32. The van der Waals surface area contributed by atoms with Crippen LogP contribution in [0.15, 0.2) is 0 Å². The zero-order valence-corrected chi connectivity index (χ0v) is 11.6. The summed E-state index contributed by atoms with van der Waals surface area (Å²) in [5.41, 5.74) is 6.72. The third-order valence-electron chi connectivity index (χ3n) is 3.41. The average molecular weight is 229 g/mol. The minimum Gasteiger partial charge on any atom is -0.327 e. The zero-order valence-electron chi connectivity index (χ0n) is 10.8. The Hall–Kier alpha value is 0.310. The summed E-state index contributed by atoms with van der Waals surface area (Å²) in [7, 11) is 0.